The maximum absolute atomic E-state index is 3.94. The van der Waals surface area contributed by atoms with Crippen LogP contribution >= 0.6 is 15.9 Å². The molecule has 0 aromatic carbocycles. The molecule has 0 aliphatic heterocycles. The first kappa shape index (κ1) is 6.34. The van der Waals surface area contributed by atoms with Gasteiger partial charge in [-0.25, -0.2) is 0 Å². The van der Waals surface area contributed by atoms with Crippen molar-refractivity contribution in [1.82, 2.24) is 14.8 Å². The van der Waals surface area contributed by atoms with Crippen molar-refractivity contribution in [2.45, 2.75) is 25.8 Å². The molecule has 0 radical (unpaired) electrons. The summed E-state index contributed by atoms with van der Waals surface area (Å²) in [7, 11) is 0. The van der Waals surface area contributed by atoms with E-state index in [1.54, 1.807) is 0 Å². The molecule has 0 spiro atoms. The molecule has 1 aromatic rings. The summed E-state index contributed by atoms with van der Waals surface area (Å²) in [5.74, 6) is 1.01. The molecule has 0 atom stereocenters. The third-order valence-corrected chi connectivity index (χ3v) is 2.28. The fraction of sp³-hybridized carbons (Fsp3) is 0.667. The predicted octanol–water partition coefficient (Wildman–Crippen LogP) is 1.68. The lowest BCUT2D eigenvalue weighted by Gasteiger charge is -1.99. The molecule has 1 aliphatic rings. The van der Waals surface area contributed by atoms with Gasteiger partial charge in [0.25, 0.3) is 0 Å². The van der Waals surface area contributed by atoms with Crippen LogP contribution < -0.4 is 0 Å². The average molecular weight is 202 g/mol. The molecule has 0 N–H and O–H groups in total. The molecule has 1 saturated carbocycles. The van der Waals surface area contributed by atoms with Crippen molar-refractivity contribution in [3.05, 3.63) is 10.6 Å². The van der Waals surface area contributed by atoms with Crippen LogP contribution in [-0.4, -0.2) is 14.8 Å². The first-order chi connectivity index (χ1) is 4.79. The minimum absolute atomic E-state index is 0.671. The number of aryl methyl sites for hydroxylation is 1. The van der Waals surface area contributed by atoms with Crippen LogP contribution in [0.4, 0.5) is 0 Å². The zero-order valence-corrected chi connectivity index (χ0v) is 7.30. The van der Waals surface area contributed by atoms with Gasteiger partial charge < -0.3 is 4.57 Å². The second kappa shape index (κ2) is 2.05. The molecule has 0 saturated heterocycles. The van der Waals surface area contributed by atoms with Crippen LogP contribution in [0.25, 0.3) is 0 Å². The molecule has 3 nitrogen and oxygen atoms in total. The lowest BCUT2D eigenvalue weighted by molar-refractivity contribution is 0.694. The van der Waals surface area contributed by atoms with Crippen molar-refractivity contribution in [1.29, 1.82) is 0 Å². The van der Waals surface area contributed by atoms with Crippen LogP contribution in [0.3, 0.4) is 0 Å². The molecule has 0 bridgehead atoms. The van der Waals surface area contributed by atoms with E-state index in [4.69, 9.17) is 0 Å². The molecule has 0 amide bonds. The van der Waals surface area contributed by atoms with Gasteiger partial charge in [-0.2, -0.15) is 0 Å². The normalized spacial score (nSPS) is 17.8. The van der Waals surface area contributed by atoms with Crippen molar-refractivity contribution in [2.75, 3.05) is 0 Å². The standard InChI is InChI=1S/C6H8BrN3/c1-4-8-9-6(7)10(4)5-2-3-5/h5H,2-3H2,1H3. The molecule has 2 rings (SSSR count). The van der Waals surface area contributed by atoms with Crippen molar-refractivity contribution in [2.24, 2.45) is 0 Å². The van der Waals surface area contributed by atoms with Crippen LogP contribution in [-0.2, 0) is 0 Å². The molecule has 1 aliphatic carbocycles. The zero-order chi connectivity index (χ0) is 7.14. The SMILES string of the molecule is Cc1nnc(Br)n1C1CC1. The molecule has 1 fully saturated rings. The summed E-state index contributed by atoms with van der Waals surface area (Å²) in [4.78, 5) is 0. The largest absolute Gasteiger partial charge is 0.303 e. The van der Waals surface area contributed by atoms with Gasteiger partial charge in [0.1, 0.15) is 5.82 Å². The maximum atomic E-state index is 3.94. The molecule has 1 aromatic heterocycles. The van der Waals surface area contributed by atoms with Gasteiger partial charge in [-0.15, -0.1) is 10.2 Å². The van der Waals surface area contributed by atoms with Crippen LogP contribution in [0.5, 0.6) is 0 Å². The van der Waals surface area contributed by atoms with Gasteiger partial charge in [-0.1, -0.05) is 0 Å². The van der Waals surface area contributed by atoms with Gasteiger partial charge in [0.05, 0.1) is 0 Å². The van der Waals surface area contributed by atoms with Gasteiger partial charge in [0, 0.05) is 6.04 Å². The van der Waals surface area contributed by atoms with E-state index in [9.17, 15) is 0 Å². The van der Waals surface area contributed by atoms with Gasteiger partial charge in [-0.3, -0.25) is 0 Å². The number of hydrogen-bond acceptors (Lipinski definition) is 2. The van der Waals surface area contributed by atoms with E-state index in [0.29, 0.717) is 6.04 Å². The van der Waals surface area contributed by atoms with Gasteiger partial charge in [0.15, 0.2) is 4.73 Å². The highest BCUT2D eigenvalue weighted by Gasteiger charge is 2.27. The highest BCUT2D eigenvalue weighted by molar-refractivity contribution is 9.10. The first-order valence-corrected chi connectivity index (χ1v) is 4.15. The molecule has 10 heavy (non-hydrogen) atoms. The zero-order valence-electron chi connectivity index (χ0n) is 5.71. The number of hydrogen-bond donors (Lipinski definition) is 0. The monoisotopic (exact) mass is 201 g/mol. The third kappa shape index (κ3) is 0.868. The smallest absolute Gasteiger partial charge is 0.200 e. The lowest BCUT2D eigenvalue weighted by atomic mass is 10.6. The Hall–Kier alpha value is -0.380. The van der Waals surface area contributed by atoms with Crippen LogP contribution in [0.2, 0.25) is 0 Å². The van der Waals surface area contributed by atoms with E-state index < -0.39 is 0 Å². The molecule has 0 unspecified atom stereocenters. The Bertz CT molecular complexity index is 232. The summed E-state index contributed by atoms with van der Waals surface area (Å²) in [6.45, 7) is 1.98. The summed E-state index contributed by atoms with van der Waals surface area (Å²) < 4.78 is 3.01. The number of halogens is 1. The Kier molecular flexibility index (Phi) is 1.30. The van der Waals surface area contributed by atoms with E-state index in [-0.39, 0.29) is 0 Å². The molecule has 1 heterocycles. The Balaban J connectivity index is 2.44. The van der Waals surface area contributed by atoms with Crippen molar-refractivity contribution >= 4 is 15.9 Å². The predicted molar refractivity (Wildman–Crippen MR) is 40.7 cm³/mol. The first-order valence-electron chi connectivity index (χ1n) is 3.36. The van der Waals surface area contributed by atoms with Crippen molar-refractivity contribution in [3.63, 3.8) is 0 Å². The van der Waals surface area contributed by atoms with E-state index in [0.717, 1.165) is 10.6 Å². The molecule has 4 heteroatoms. The maximum Gasteiger partial charge on any atom is 0.200 e. The number of nitrogens with zero attached hydrogens (tertiary/aromatic N) is 3. The second-order valence-corrected chi connectivity index (χ2v) is 3.33. The lowest BCUT2D eigenvalue weighted by Crippen LogP contribution is -1.96. The molecule has 54 valence electrons. The fourth-order valence-electron chi connectivity index (χ4n) is 1.09. The fourth-order valence-corrected chi connectivity index (χ4v) is 1.72. The van der Waals surface area contributed by atoms with Gasteiger partial charge >= 0.3 is 0 Å². The van der Waals surface area contributed by atoms with Crippen LogP contribution in [0.1, 0.15) is 24.7 Å². The summed E-state index contributed by atoms with van der Waals surface area (Å²) in [6, 6.07) is 0.671. The highest BCUT2D eigenvalue weighted by Crippen LogP contribution is 2.37. The minimum Gasteiger partial charge on any atom is -0.303 e. The van der Waals surface area contributed by atoms with Crippen molar-refractivity contribution in [3.8, 4) is 0 Å². The van der Waals surface area contributed by atoms with Crippen LogP contribution in [0, 0.1) is 6.92 Å². The van der Waals surface area contributed by atoms with E-state index >= 15 is 0 Å². The van der Waals surface area contributed by atoms with Crippen LogP contribution in [0.15, 0.2) is 4.73 Å². The minimum atomic E-state index is 0.671. The highest BCUT2D eigenvalue weighted by atomic mass is 79.9. The number of rotatable bonds is 1. The summed E-state index contributed by atoms with van der Waals surface area (Å²) in [6.07, 6.45) is 2.55. The third-order valence-electron chi connectivity index (χ3n) is 1.74. The Morgan fingerprint density at radius 2 is 2.20 bits per heavy atom. The number of aromatic nitrogens is 3. The van der Waals surface area contributed by atoms with E-state index in [1.807, 2.05) is 6.92 Å². The molecular weight excluding hydrogens is 194 g/mol. The van der Waals surface area contributed by atoms with E-state index in [1.165, 1.54) is 12.8 Å². The average Bonchev–Trinajstić information content (AvgIpc) is 2.64. The second-order valence-electron chi connectivity index (χ2n) is 2.62. The van der Waals surface area contributed by atoms with Gasteiger partial charge in [-0.05, 0) is 35.7 Å². The van der Waals surface area contributed by atoms with Gasteiger partial charge in [0.2, 0.25) is 0 Å². The Labute approximate surface area is 67.6 Å². The van der Waals surface area contributed by atoms with Crippen molar-refractivity contribution < 1.29 is 0 Å². The van der Waals surface area contributed by atoms with E-state index in [2.05, 4.69) is 30.7 Å². The topological polar surface area (TPSA) is 30.7 Å². The Morgan fingerprint density at radius 1 is 1.50 bits per heavy atom. The molecular formula is C6H8BrN3. The summed E-state index contributed by atoms with van der Waals surface area (Å²) in [5.41, 5.74) is 0. The quantitative estimate of drug-likeness (QED) is 0.693. The Morgan fingerprint density at radius 3 is 2.60 bits per heavy atom. The summed E-state index contributed by atoms with van der Waals surface area (Å²) >= 11 is 3.35. The summed E-state index contributed by atoms with van der Waals surface area (Å²) in [5, 5.41) is 7.85.